The summed E-state index contributed by atoms with van der Waals surface area (Å²) in [5, 5.41) is 2.58. The van der Waals surface area contributed by atoms with Crippen molar-refractivity contribution in [1.29, 1.82) is 0 Å². The molecule has 0 aliphatic heterocycles. The highest BCUT2D eigenvalue weighted by Crippen LogP contribution is 2.23. The minimum absolute atomic E-state index is 0.487. The van der Waals surface area contributed by atoms with Crippen molar-refractivity contribution >= 4 is 10.8 Å². The van der Waals surface area contributed by atoms with E-state index in [2.05, 4.69) is 50.0 Å². The highest BCUT2D eigenvalue weighted by molar-refractivity contribution is 5.85. The third-order valence-electron chi connectivity index (χ3n) is 2.50. The van der Waals surface area contributed by atoms with Gasteiger partial charge in [0.05, 0.1) is 5.69 Å². The minimum Gasteiger partial charge on any atom is -0.260 e. The summed E-state index contributed by atoms with van der Waals surface area (Å²) in [6.07, 6.45) is 1.90. The highest BCUT2D eigenvalue weighted by atomic mass is 14.7. The first-order valence-electron chi connectivity index (χ1n) is 5.04. The molecule has 1 aromatic carbocycles. The summed E-state index contributed by atoms with van der Waals surface area (Å²) in [4.78, 5) is 4.45. The Morgan fingerprint density at radius 3 is 2.64 bits per heavy atom. The fourth-order valence-corrected chi connectivity index (χ4v) is 1.76. The first-order valence-corrected chi connectivity index (χ1v) is 5.04. The summed E-state index contributed by atoms with van der Waals surface area (Å²) in [7, 11) is 0. The van der Waals surface area contributed by atoms with Gasteiger partial charge in [-0.15, -0.1) is 0 Å². The summed E-state index contributed by atoms with van der Waals surface area (Å²) in [5.74, 6) is 0.487. The number of aromatic nitrogens is 1. The summed E-state index contributed by atoms with van der Waals surface area (Å²) in [6.45, 7) is 6.49. The molecule has 1 heterocycles. The van der Waals surface area contributed by atoms with E-state index in [1.807, 2.05) is 6.20 Å². The molecule has 0 N–H and O–H groups in total. The van der Waals surface area contributed by atoms with Crippen LogP contribution in [-0.4, -0.2) is 4.98 Å². The van der Waals surface area contributed by atoms with E-state index in [4.69, 9.17) is 0 Å². The van der Waals surface area contributed by atoms with Crippen molar-refractivity contribution in [3.8, 4) is 0 Å². The predicted molar refractivity (Wildman–Crippen MR) is 60.6 cm³/mol. The summed E-state index contributed by atoms with van der Waals surface area (Å²) in [6, 6.07) is 8.60. The Hall–Kier alpha value is -1.37. The van der Waals surface area contributed by atoms with Gasteiger partial charge in [-0.25, -0.2) is 0 Å². The number of pyridine rings is 1. The van der Waals surface area contributed by atoms with Gasteiger partial charge in [-0.3, -0.25) is 4.98 Å². The summed E-state index contributed by atoms with van der Waals surface area (Å²) >= 11 is 0. The van der Waals surface area contributed by atoms with Crippen molar-refractivity contribution in [2.75, 3.05) is 0 Å². The van der Waals surface area contributed by atoms with Crippen LogP contribution in [0.25, 0.3) is 10.8 Å². The number of nitrogens with zero attached hydrogens (tertiary/aromatic N) is 1. The van der Waals surface area contributed by atoms with Crippen molar-refractivity contribution in [3.05, 3.63) is 41.7 Å². The van der Waals surface area contributed by atoms with E-state index >= 15 is 0 Å². The van der Waals surface area contributed by atoms with E-state index < -0.39 is 0 Å². The molecular formula is C13H15N. The molecule has 0 spiro atoms. The maximum absolute atomic E-state index is 4.45. The Morgan fingerprint density at radius 1 is 1.14 bits per heavy atom. The lowest BCUT2D eigenvalue weighted by molar-refractivity contribution is 0.834. The second kappa shape index (κ2) is 3.41. The smallest absolute Gasteiger partial charge is 0.0507 e. The zero-order valence-electron chi connectivity index (χ0n) is 8.91. The molecule has 1 nitrogen and oxygen atoms in total. The molecule has 1 aromatic heterocycles. The molecule has 0 saturated carbocycles. The maximum Gasteiger partial charge on any atom is 0.0507 e. The molecule has 0 bridgehead atoms. The lowest BCUT2D eigenvalue weighted by atomic mass is 10.0. The fourth-order valence-electron chi connectivity index (χ4n) is 1.76. The van der Waals surface area contributed by atoms with Crippen LogP contribution in [0.1, 0.15) is 31.0 Å². The van der Waals surface area contributed by atoms with E-state index in [9.17, 15) is 0 Å². The Kier molecular flexibility index (Phi) is 2.24. The van der Waals surface area contributed by atoms with Crippen LogP contribution < -0.4 is 0 Å². The average molecular weight is 185 g/mol. The third-order valence-corrected chi connectivity index (χ3v) is 2.50. The molecule has 2 rings (SSSR count). The molecule has 0 aliphatic rings. The van der Waals surface area contributed by atoms with Gasteiger partial charge in [0.15, 0.2) is 0 Å². The highest BCUT2D eigenvalue weighted by Gasteiger charge is 2.05. The summed E-state index contributed by atoms with van der Waals surface area (Å²) < 4.78 is 0. The lowest BCUT2D eigenvalue weighted by Gasteiger charge is -2.08. The molecule has 0 aliphatic carbocycles. The number of hydrogen-bond acceptors (Lipinski definition) is 1. The molecule has 1 heteroatoms. The summed E-state index contributed by atoms with van der Waals surface area (Å²) in [5.41, 5.74) is 2.50. The van der Waals surface area contributed by atoms with Crippen LogP contribution in [0.5, 0.6) is 0 Å². The number of aryl methyl sites for hydroxylation is 1. The van der Waals surface area contributed by atoms with Gasteiger partial charge in [-0.05, 0) is 30.4 Å². The van der Waals surface area contributed by atoms with Crippen molar-refractivity contribution in [2.45, 2.75) is 26.7 Å². The Bertz CT molecular complexity index is 458. The standard InChI is InChI=1S/C13H15N/c1-9(2)13-12-8-10(3)4-5-11(12)6-7-14-13/h4-9H,1-3H3. The monoisotopic (exact) mass is 185 g/mol. The Balaban J connectivity index is 2.77. The third kappa shape index (κ3) is 1.50. The van der Waals surface area contributed by atoms with E-state index in [-0.39, 0.29) is 0 Å². The largest absolute Gasteiger partial charge is 0.260 e. The zero-order chi connectivity index (χ0) is 10.1. The molecule has 0 saturated heterocycles. The van der Waals surface area contributed by atoms with E-state index in [0.29, 0.717) is 5.92 Å². The van der Waals surface area contributed by atoms with Gasteiger partial charge in [0, 0.05) is 11.6 Å². The first kappa shape index (κ1) is 9.20. The molecule has 0 atom stereocenters. The fraction of sp³-hybridized carbons (Fsp3) is 0.308. The van der Waals surface area contributed by atoms with E-state index in [1.165, 1.54) is 22.0 Å². The molecule has 2 aromatic rings. The van der Waals surface area contributed by atoms with Gasteiger partial charge >= 0.3 is 0 Å². The number of fused-ring (bicyclic) bond motifs is 1. The van der Waals surface area contributed by atoms with Gasteiger partial charge in [-0.1, -0.05) is 31.5 Å². The predicted octanol–water partition coefficient (Wildman–Crippen LogP) is 3.67. The molecule has 0 radical (unpaired) electrons. The van der Waals surface area contributed by atoms with Crippen LogP contribution in [0.4, 0.5) is 0 Å². The van der Waals surface area contributed by atoms with Gasteiger partial charge in [0.25, 0.3) is 0 Å². The number of hydrogen-bond donors (Lipinski definition) is 0. The molecular weight excluding hydrogens is 170 g/mol. The van der Waals surface area contributed by atoms with Gasteiger partial charge in [0.2, 0.25) is 0 Å². The minimum atomic E-state index is 0.487. The first-order chi connectivity index (χ1) is 6.68. The van der Waals surface area contributed by atoms with Crippen LogP contribution in [0, 0.1) is 6.92 Å². The average Bonchev–Trinajstić information content (AvgIpc) is 2.16. The molecule has 0 fully saturated rings. The van der Waals surface area contributed by atoms with Gasteiger partial charge in [-0.2, -0.15) is 0 Å². The second-order valence-electron chi connectivity index (χ2n) is 4.08. The van der Waals surface area contributed by atoms with E-state index in [0.717, 1.165) is 0 Å². The van der Waals surface area contributed by atoms with Crippen molar-refractivity contribution in [1.82, 2.24) is 4.98 Å². The lowest BCUT2D eigenvalue weighted by Crippen LogP contribution is -1.93. The van der Waals surface area contributed by atoms with Crippen LogP contribution in [0.2, 0.25) is 0 Å². The maximum atomic E-state index is 4.45. The van der Waals surface area contributed by atoms with Gasteiger partial charge < -0.3 is 0 Å². The van der Waals surface area contributed by atoms with Crippen LogP contribution in [-0.2, 0) is 0 Å². The van der Waals surface area contributed by atoms with Crippen LogP contribution >= 0.6 is 0 Å². The molecule has 0 amide bonds. The van der Waals surface area contributed by atoms with Gasteiger partial charge in [0.1, 0.15) is 0 Å². The molecule has 72 valence electrons. The zero-order valence-corrected chi connectivity index (χ0v) is 8.91. The molecule has 0 unspecified atom stereocenters. The SMILES string of the molecule is Cc1ccc2ccnc(C(C)C)c2c1. The van der Waals surface area contributed by atoms with Crippen molar-refractivity contribution in [3.63, 3.8) is 0 Å². The topological polar surface area (TPSA) is 12.9 Å². The Morgan fingerprint density at radius 2 is 1.93 bits per heavy atom. The second-order valence-corrected chi connectivity index (χ2v) is 4.08. The number of benzene rings is 1. The number of rotatable bonds is 1. The normalized spacial score (nSPS) is 11.1. The van der Waals surface area contributed by atoms with Crippen molar-refractivity contribution < 1.29 is 0 Å². The quantitative estimate of drug-likeness (QED) is 0.660. The van der Waals surface area contributed by atoms with Crippen LogP contribution in [0.3, 0.4) is 0 Å². The molecule has 14 heavy (non-hydrogen) atoms. The van der Waals surface area contributed by atoms with E-state index in [1.54, 1.807) is 0 Å². The van der Waals surface area contributed by atoms with Crippen molar-refractivity contribution in [2.24, 2.45) is 0 Å². The Labute approximate surface area is 84.8 Å². The van der Waals surface area contributed by atoms with Crippen LogP contribution in [0.15, 0.2) is 30.5 Å².